The van der Waals surface area contributed by atoms with Crippen molar-refractivity contribution in [1.29, 1.82) is 0 Å². The summed E-state index contributed by atoms with van der Waals surface area (Å²) >= 11 is 0. The van der Waals surface area contributed by atoms with Crippen molar-refractivity contribution in [1.82, 2.24) is 9.80 Å². The Morgan fingerprint density at radius 3 is 2.43 bits per heavy atom. The molecule has 2 fully saturated rings. The number of rotatable bonds is 5. The topological polar surface area (TPSA) is 69.7 Å². The van der Waals surface area contributed by atoms with E-state index in [1.165, 1.54) is 0 Å². The number of anilines is 1. The van der Waals surface area contributed by atoms with Gasteiger partial charge >= 0.3 is 0 Å². The molecule has 0 radical (unpaired) electrons. The summed E-state index contributed by atoms with van der Waals surface area (Å²) in [4.78, 5) is 41.0. The number of nitrogens with zero attached hydrogens (tertiary/aromatic N) is 2. The van der Waals surface area contributed by atoms with Gasteiger partial charge in [0.15, 0.2) is 0 Å². The summed E-state index contributed by atoms with van der Waals surface area (Å²) in [6.45, 7) is 2.50. The van der Waals surface area contributed by atoms with Crippen LogP contribution in [0.15, 0.2) is 54.6 Å². The van der Waals surface area contributed by atoms with E-state index >= 15 is 0 Å². The maximum atomic E-state index is 13.0. The highest BCUT2D eigenvalue weighted by molar-refractivity contribution is 5.96. The lowest BCUT2D eigenvalue weighted by atomic mass is 9.96. The second-order valence-corrected chi connectivity index (χ2v) is 8.06. The van der Waals surface area contributed by atoms with E-state index < -0.39 is 0 Å². The molecule has 2 saturated heterocycles. The molecule has 2 aliphatic heterocycles. The molecule has 1 unspecified atom stereocenters. The van der Waals surface area contributed by atoms with Gasteiger partial charge in [-0.1, -0.05) is 30.3 Å². The molecule has 30 heavy (non-hydrogen) atoms. The first-order valence-corrected chi connectivity index (χ1v) is 10.6. The Bertz CT molecular complexity index is 911. The maximum absolute atomic E-state index is 13.0. The molecule has 0 saturated carbocycles. The summed E-state index contributed by atoms with van der Waals surface area (Å²) in [6.07, 6.45) is 3.15. The number of hydrogen-bond acceptors (Lipinski definition) is 3. The zero-order valence-corrected chi connectivity index (χ0v) is 17.0. The molecule has 2 aromatic carbocycles. The van der Waals surface area contributed by atoms with Crippen LogP contribution in [-0.4, -0.2) is 47.2 Å². The average Bonchev–Trinajstić information content (AvgIpc) is 3.19. The molecular weight excluding hydrogens is 378 g/mol. The Labute approximate surface area is 176 Å². The van der Waals surface area contributed by atoms with Gasteiger partial charge in [0.05, 0.1) is 5.92 Å². The first kappa shape index (κ1) is 20.1. The molecular formula is C24H27N3O3. The van der Waals surface area contributed by atoms with Crippen molar-refractivity contribution < 1.29 is 14.4 Å². The van der Waals surface area contributed by atoms with Gasteiger partial charge in [-0.2, -0.15) is 0 Å². The number of hydrogen-bond donors (Lipinski definition) is 1. The van der Waals surface area contributed by atoms with E-state index in [2.05, 4.69) is 5.32 Å². The SMILES string of the molecule is O=C(Nc1ccccc1)C1CCCN(C(=O)c2ccc(CN3CCCC3=O)cc2)C1. The van der Waals surface area contributed by atoms with Crippen molar-refractivity contribution in [3.63, 3.8) is 0 Å². The van der Waals surface area contributed by atoms with E-state index in [4.69, 9.17) is 0 Å². The van der Waals surface area contributed by atoms with Gasteiger partial charge < -0.3 is 15.1 Å². The molecule has 2 heterocycles. The molecule has 0 spiro atoms. The minimum absolute atomic E-state index is 0.0377. The lowest BCUT2D eigenvalue weighted by Crippen LogP contribution is -2.43. The van der Waals surface area contributed by atoms with Gasteiger partial charge in [0.1, 0.15) is 0 Å². The van der Waals surface area contributed by atoms with Crippen molar-refractivity contribution in [2.24, 2.45) is 5.92 Å². The van der Waals surface area contributed by atoms with E-state index in [0.29, 0.717) is 31.6 Å². The van der Waals surface area contributed by atoms with Crippen LogP contribution in [0, 0.1) is 5.92 Å². The number of para-hydroxylation sites is 1. The molecule has 6 nitrogen and oxygen atoms in total. The van der Waals surface area contributed by atoms with Crippen LogP contribution < -0.4 is 5.32 Å². The standard InChI is InChI=1S/C24H27N3O3/c28-22-9-5-14-26(22)16-18-10-12-19(13-11-18)24(30)27-15-4-6-20(17-27)23(29)25-21-7-2-1-3-8-21/h1-3,7-8,10-13,20H,4-6,9,14-17H2,(H,25,29). The molecule has 6 heteroatoms. The van der Waals surface area contributed by atoms with E-state index in [9.17, 15) is 14.4 Å². The summed E-state index contributed by atoms with van der Waals surface area (Å²) in [5.74, 6) is -0.0908. The summed E-state index contributed by atoms with van der Waals surface area (Å²) in [6, 6.07) is 16.9. The lowest BCUT2D eigenvalue weighted by Gasteiger charge is -2.32. The minimum atomic E-state index is -0.205. The molecule has 3 amide bonds. The highest BCUT2D eigenvalue weighted by Gasteiger charge is 2.29. The van der Waals surface area contributed by atoms with Gasteiger partial charge in [-0.3, -0.25) is 14.4 Å². The third-order valence-corrected chi connectivity index (χ3v) is 5.87. The Hall–Kier alpha value is -3.15. The number of benzene rings is 2. The van der Waals surface area contributed by atoms with Gasteiger partial charge in [0, 0.05) is 43.9 Å². The summed E-state index contributed by atoms with van der Waals surface area (Å²) in [5, 5.41) is 2.95. The van der Waals surface area contributed by atoms with Crippen LogP contribution in [0.3, 0.4) is 0 Å². The van der Waals surface area contributed by atoms with E-state index in [0.717, 1.165) is 37.1 Å². The predicted octanol–water partition coefficient (Wildman–Crippen LogP) is 3.30. The van der Waals surface area contributed by atoms with E-state index in [1.807, 2.05) is 59.5 Å². The van der Waals surface area contributed by atoms with Crippen molar-refractivity contribution in [2.45, 2.75) is 32.2 Å². The smallest absolute Gasteiger partial charge is 0.253 e. The zero-order chi connectivity index (χ0) is 20.9. The molecule has 0 aliphatic carbocycles. The minimum Gasteiger partial charge on any atom is -0.338 e. The molecule has 2 aliphatic rings. The summed E-state index contributed by atoms with van der Waals surface area (Å²) < 4.78 is 0. The molecule has 156 valence electrons. The number of nitrogens with one attached hydrogen (secondary N) is 1. The average molecular weight is 405 g/mol. The highest BCUT2D eigenvalue weighted by Crippen LogP contribution is 2.21. The van der Waals surface area contributed by atoms with Gasteiger partial charge in [-0.05, 0) is 49.1 Å². The molecule has 4 rings (SSSR count). The molecule has 0 aromatic heterocycles. The largest absolute Gasteiger partial charge is 0.338 e. The monoisotopic (exact) mass is 405 g/mol. The summed E-state index contributed by atoms with van der Waals surface area (Å²) in [5.41, 5.74) is 2.43. The van der Waals surface area contributed by atoms with Crippen LogP contribution in [0.1, 0.15) is 41.6 Å². The Balaban J connectivity index is 1.35. The molecule has 0 bridgehead atoms. The van der Waals surface area contributed by atoms with Gasteiger partial charge in [-0.15, -0.1) is 0 Å². The van der Waals surface area contributed by atoms with Crippen molar-refractivity contribution in [3.8, 4) is 0 Å². The van der Waals surface area contributed by atoms with E-state index in [1.54, 1.807) is 4.90 Å². The van der Waals surface area contributed by atoms with Gasteiger partial charge in [-0.25, -0.2) is 0 Å². The van der Waals surface area contributed by atoms with Gasteiger partial charge in [0.25, 0.3) is 5.91 Å². The van der Waals surface area contributed by atoms with Crippen LogP contribution >= 0.6 is 0 Å². The molecule has 1 atom stereocenters. The van der Waals surface area contributed by atoms with Crippen molar-refractivity contribution in [2.75, 3.05) is 25.0 Å². The summed E-state index contributed by atoms with van der Waals surface area (Å²) in [7, 11) is 0. The fourth-order valence-electron chi connectivity index (χ4n) is 4.17. The second kappa shape index (κ2) is 9.11. The van der Waals surface area contributed by atoms with Crippen LogP contribution in [0.2, 0.25) is 0 Å². The number of likely N-dealkylation sites (tertiary alicyclic amines) is 2. The van der Waals surface area contributed by atoms with Crippen molar-refractivity contribution in [3.05, 3.63) is 65.7 Å². The maximum Gasteiger partial charge on any atom is 0.253 e. The third kappa shape index (κ3) is 4.70. The van der Waals surface area contributed by atoms with Crippen LogP contribution in [-0.2, 0) is 16.1 Å². The number of carbonyl (C=O) groups excluding carboxylic acids is 3. The third-order valence-electron chi connectivity index (χ3n) is 5.87. The van der Waals surface area contributed by atoms with Crippen molar-refractivity contribution >= 4 is 23.4 Å². The number of carbonyl (C=O) groups is 3. The lowest BCUT2D eigenvalue weighted by molar-refractivity contribution is -0.128. The second-order valence-electron chi connectivity index (χ2n) is 8.06. The first-order valence-electron chi connectivity index (χ1n) is 10.6. The fourth-order valence-corrected chi connectivity index (χ4v) is 4.17. The normalized spacial score (nSPS) is 19.1. The van der Waals surface area contributed by atoms with Gasteiger partial charge in [0.2, 0.25) is 11.8 Å². The first-order chi connectivity index (χ1) is 14.6. The Kier molecular flexibility index (Phi) is 6.12. The number of piperidine rings is 1. The zero-order valence-electron chi connectivity index (χ0n) is 17.0. The quantitative estimate of drug-likeness (QED) is 0.830. The van der Waals surface area contributed by atoms with Crippen LogP contribution in [0.4, 0.5) is 5.69 Å². The molecule has 1 N–H and O–H groups in total. The highest BCUT2D eigenvalue weighted by atomic mass is 16.2. The van der Waals surface area contributed by atoms with E-state index in [-0.39, 0.29) is 23.6 Å². The number of amides is 3. The van der Waals surface area contributed by atoms with Crippen LogP contribution in [0.25, 0.3) is 0 Å². The fraction of sp³-hybridized carbons (Fsp3) is 0.375. The van der Waals surface area contributed by atoms with Crippen LogP contribution in [0.5, 0.6) is 0 Å². The molecule has 2 aromatic rings. The Morgan fingerprint density at radius 1 is 0.967 bits per heavy atom. The Morgan fingerprint density at radius 2 is 1.73 bits per heavy atom. The predicted molar refractivity (Wildman–Crippen MR) is 115 cm³/mol.